The molecule has 0 saturated carbocycles. The lowest BCUT2D eigenvalue weighted by Gasteiger charge is -2.20. The van der Waals surface area contributed by atoms with Crippen molar-refractivity contribution < 1.29 is 4.39 Å². The van der Waals surface area contributed by atoms with E-state index in [0.717, 1.165) is 26.1 Å². The summed E-state index contributed by atoms with van der Waals surface area (Å²) in [6.45, 7) is 7.94. The van der Waals surface area contributed by atoms with E-state index in [4.69, 9.17) is 5.26 Å². The van der Waals surface area contributed by atoms with Crippen molar-refractivity contribution >= 4 is 5.69 Å². The first-order valence-corrected chi connectivity index (χ1v) is 6.37. The van der Waals surface area contributed by atoms with Crippen molar-refractivity contribution in [1.82, 2.24) is 4.90 Å². The summed E-state index contributed by atoms with van der Waals surface area (Å²) < 4.78 is 13.6. The number of hydrogen-bond donors (Lipinski definition) is 1. The lowest BCUT2D eigenvalue weighted by Crippen LogP contribution is -2.29. The molecule has 4 heteroatoms. The fraction of sp³-hybridized carbons (Fsp3) is 0.500. The monoisotopic (exact) mass is 249 g/mol. The van der Waals surface area contributed by atoms with Gasteiger partial charge in [-0.2, -0.15) is 5.26 Å². The zero-order chi connectivity index (χ0) is 13.4. The number of nitrogens with zero attached hydrogens (tertiary/aromatic N) is 2. The van der Waals surface area contributed by atoms with Gasteiger partial charge in [0, 0.05) is 13.1 Å². The SMILES string of the molecule is CCCN(CC)CCNc1ccc(C#N)cc1F. The largest absolute Gasteiger partial charge is 0.381 e. The Bertz CT molecular complexity index is 412. The van der Waals surface area contributed by atoms with Gasteiger partial charge in [-0.25, -0.2) is 4.39 Å². The minimum Gasteiger partial charge on any atom is -0.381 e. The lowest BCUT2D eigenvalue weighted by atomic mass is 10.2. The summed E-state index contributed by atoms with van der Waals surface area (Å²) in [6, 6.07) is 6.41. The molecule has 0 heterocycles. The van der Waals surface area contributed by atoms with Gasteiger partial charge in [0.2, 0.25) is 0 Å². The topological polar surface area (TPSA) is 39.1 Å². The number of anilines is 1. The number of halogens is 1. The first-order valence-electron chi connectivity index (χ1n) is 6.37. The van der Waals surface area contributed by atoms with Crippen molar-refractivity contribution in [3.8, 4) is 6.07 Å². The zero-order valence-electron chi connectivity index (χ0n) is 11.0. The Kier molecular flexibility index (Phi) is 6.16. The molecule has 0 atom stereocenters. The fourth-order valence-electron chi connectivity index (χ4n) is 1.82. The molecule has 1 N–H and O–H groups in total. The molecule has 0 aliphatic rings. The number of nitriles is 1. The van der Waals surface area contributed by atoms with Crippen molar-refractivity contribution in [1.29, 1.82) is 5.26 Å². The van der Waals surface area contributed by atoms with Gasteiger partial charge < -0.3 is 10.2 Å². The molecule has 0 radical (unpaired) electrons. The maximum Gasteiger partial charge on any atom is 0.147 e. The van der Waals surface area contributed by atoms with E-state index < -0.39 is 0 Å². The highest BCUT2D eigenvalue weighted by Gasteiger charge is 2.04. The average Bonchev–Trinajstić information content (AvgIpc) is 2.39. The average molecular weight is 249 g/mol. The molecule has 0 aliphatic heterocycles. The molecule has 0 spiro atoms. The molecule has 0 saturated heterocycles. The van der Waals surface area contributed by atoms with Gasteiger partial charge in [-0.1, -0.05) is 13.8 Å². The minimum absolute atomic E-state index is 0.346. The maximum atomic E-state index is 13.6. The van der Waals surface area contributed by atoms with Crippen LogP contribution >= 0.6 is 0 Å². The summed E-state index contributed by atoms with van der Waals surface area (Å²) >= 11 is 0. The normalized spacial score (nSPS) is 10.4. The van der Waals surface area contributed by atoms with Gasteiger partial charge >= 0.3 is 0 Å². The van der Waals surface area contributed by atoms with Crippen LogP contribution in [0.25, 0.3) is 0 Å². The summed E-state index contributed by atoms with van der Waals surface area (Å²) in [5, 5.41) is 11.7. The highest BCUT2D eigenvalue weighted by Crippen LogP contribution is 2.14. The van der Waals surface area contributed by atoms with Gasteiger partial charge in [0.15, 0.2) is 0 Å². The molecular weight excluding hydrogens is 229 g/mol. The van der Waals surface area contributed by atoms with Crippen LogP contribution in [-0.2, 0) is 0 Å². The van der Waals surface area contributed by atoms with Crippen LogP contribution < -0.4 is 5.32 Å². The van der Waals surface area contributed by atoms with Gasteiger partial charge in [-0.15, -0.1) is 0 Å². The molecule has 1 aromatic rings. The van der Waals surface area contributed by atoms with Crippen molar-refractivity contribution in [2.45, 2.75) is 20.3 Å². The van der Waals surface area contributed by atoms with Crippen LogP contribution in [0.15, 0.2) is 18.2 Å². The van der Waals surface area contributed by atoms with Gasteiger partial charge in [-0.3, -0.25) is 0 Å². The predicted molar refractivity (Wildman–Crippen MR) is 72.0 cm³/mol. The third kappa shape index (κ3) is 4.34. The number of rotatable bonds is 7. The first-order chi connectivity index (χ1) is 8.71. The second-order valence-electron chi connectivity index (χ2n) is 4.17. The summed E-state index contributed by atoms with van der Waals surface area (Å²) in [7, 11) is 0. The van der Waals surface area contributed by atoms with Gasteiger partial charge in [-0.05, 0) is 37.7 Å². The zero-order valence-corrected chi connectivity index (χ0v) is 11.0. The van der Waals surface area contributed by atoms with E-state index in [2.05, 4.69) is 24.1 Å². The lowest BCUT2D eigenvalue weighted by molar-refractivity contribution is 0.300. The van der Waals surface area contributed by atoms with Crippen LogP contribution in [0, 0.1) is 17.1 Å². The number of hydrogen-bond acceptors (Lipinski definition) is 3. The van der Waals surface area contributed by atoms with Crippen LogP contribution in [0.2, 0.25) is 0 Å². The van der Waals surface area contributed by atoms with Crippen LogP contribution in [0.4, 0.5) is 10.1 Å². The van der Waals surface area contributed by atoms with Gasteiger partial charge in [0.1, 0.15) is 5.82 Å². The molecule has 18 heavy (non-hydrogen) atoms. The third-order valence-electron chi connectivity index (χ3n) is 2.83. The van der Waals surface area contributed by atoms with Crippen LogP contribution in [-0.4, -0.2) is 31.1 Å². The van der Waals surface area contributed by atoms with E-state index in [0.29, 0.717) is 17.8 Å². The molecule has 0 aromatic heterocycles. The second kappa shape index (κ2) is 7.67. The summed E-state index contributed by atoms with van der Waals surface area (Å²) in [4.78, 5) is 2.31. The molecule has 3 nitrogen and oxygen atoms in total. The Labute approximate surface area is 108 Å². The van der Waals surface area contributed by atoms with Crippen LogP contribution in [0.5, 0.6) is 0 Å². The fourth-order valence-corrected chi connectivity index (χ4v) is 1.82. The Hall–Kier alpha value is -1.60. The van der Waals surface area contributed by atoms with Crippen molar-refractivity contribution in [3.63, 3.8) is 0 Å². The van der Waals surface area contributed by atoms with Crippen molar-refractivity contribution in [2.75, 3.05) is 31.5 Å². The second-order valence-corrected chi connectivity index (χ2v) is 4.17. The molecule has 0 aliphatic carbocycles. The van der Waals surface area contributed by atoms with E-state index in [1.807, 2.05) is 6.07 Å². The van der Waals surface area contributed by atoms with Crippen LogP contribution in [0.1, 0.15) is 25.8 Å². The van der Waals surface area contributed by atoms with Crippen LogP contribution in [0.3, 0.4) is 0 Å². The van der Waals surface area contributed by atoms with Crippen molar-refractivity contribution in [3.05, 3.63) is 29.6 Å². The number of nitrogens with one attached hydrogen (secondary N) is 1. The molecule has 1 rings (SSSR count). The minimum atomic E-state index is -0.368. The third-order valence-corrected chi connectivity index (χ3v) is 2.83. The van der Waals surface area contributed by atoms with E-state index >= 15 is 0 Å². The molecular formula is C14H20FN3. The molecule has 98 valence electrons. The molecule has 0 amide bonds. The highest BCUT2D eigenvalue weighted by atomic mass is 19.1. The smallest absolute Gasteiger partial charge is 0.147 e. The van der Waals surface area contributed by atoms with E-state index in [1.54, 1.807) is 12.1 Å². The van der Waals surface area contributed by atoms with Gasteiger partial charge in [0.05, 0.1) is 17.3 Å². The standard InChI is InChI=1S/C14H20FN3/c1-3-8-18(4-2)9-7-17-14-6-5-12(11-16)10-13(14)15/h5-6,10,17H,3-4,7-9H2,1-2H3. The Morgan fingerprint density at radius 3 is 2.67 bits per heavy atom. The summed E-state index contributed by atoms with van der Waals surface area (Å²) in [5.74, 6) is -0.368. The predicted octanol–water partition coefficient (Wildman–Crippen LogP) is 2.84. The number of benzene rings is 1. The Morgan fingerprint density at radius 1 is 1.33 bits per heavy atom. The molecule has 0 unspecified atom stereocenters. The molecule has 0 bridgehead atoms. The maximum absolute atomic E-state index is 13.6. The summed E-state index contributed by atoms with van der Waals surface area (Å²) in [5.41, 5.74) is 0.806. The Balaban J connectivity index is 2.46. The Morgan fingerprint density at radius 2 is 2.11 bits per heavy atom. The number of likely N-dealkylation sites (N-methyl/N-ethyl adjacent to an activating group) is 1. The molecule has 0 fully saturated rings. The quantitative estimate of drug-likeness (QED) is 0.807. The van der Waals surface area contributed by atoms with Gasteiger partial charge in [0.25, 0.3) is 0 Å². The van der Waals surface area contributed by atoms with E-state index in [-0.39, 0.29) is 5.82 Å². The first kappa shape index (κ1) is 14.5. The van der Waals surface area contributed by atoms with E-state index in [9.17, 15) is 4.39 Å². The summed E-state index contributed by atoms with van der Waals surface area (Å²) in [6.07, 6.45) is 1.12. The highest BCUT2D eigenvalue weighted by molar-refractivity contribution is 5.48. The van der Waals surface area contributed by atoms with E-state index in [1.165, 1.54) is 6.07 Å². The van der Waals surface area contributed by atoms with Crippen molar-refractivity contribution in [2.24, 2.45) is 0 Å². The molecule has 1 aromatic carbocycles.